The highest BCUT2D eigenvalue weighted by atomic mass is 19.4. The van der Waals surface area contributed by atoms with Gasteiger partial charge in [-0.05, 0) is 18.6 Å². The molecule has 1 amide bonds. The fraction of sp³-hybridized carbons (Fsp3) is 0.389. The van der Waals surface area contributed by atoms with Crippen molar-refractivity contribution >= 4 is 17.7 Å². The van der Waals surface area contributed by atoms with Crippen LogP contribution in [-0.4, -0.2) is 70.2 Å². The Morgan fingerprint density at radius 1 is 1.17 bits per heavy atom. The first-order chi connectivity index (χ1) is 13.6. The zero-order chi connectivity index (χ0) is 21.6. The van der Waals surface area contributed by atoms with E-state index in [1.54, 1.807) is 30.9 Å². The summed E-state index contributed by atoms with van der Waals surface area (Å²) >= 11 is 0. The van der Waals surface area contributed by atoms with Gasteiger partial charge in [0.1, 0.15) is 12.1 Å². The molecule has 2 aromatic heterocycles. The molecule has 0 fully saturated rings. The smallest absolute Gasteiger partial charge is 0.475 e. The number of pyridine rings is 1. The Kier molecular flexibility index (Phi) is 7.08. The van der Waals surface area contributed by atoms with Crippen molar-refractivity contribution in [2.24, 2.45) is 0 Å². The Bertz CT molecular complexity index is 860. The minimum absolute atomic E-state index is 0.0280. The van der Waals surface area contributed by atoms with E-state index in [-0.39, 0.29) is 5.91 Å². The molecule has 3 heterocycles. The molecule has 0 bridgehead atoms. The summed E-state index contributed by atoms with van der Waals surface area (Å²) in [7, 11) is 3.96. The van der Waals surface area contributed by atoms with Crippen molar-refractivity contribution in [3.8, 4) is 0 Å². The van der Waals surface area contributed by atoms with Crippen LogP contribution in [0.1, 0.15) is 21.6 Å². The number of carbonyl (C=O) groups excluding carboxylic acids is 1. The van der Waals surface area contributed by atoms with E-state index < -0.39 is 12.1 Å². The molecule has 2 aromatic rings. The zero-order valence-corrected chi connectivity index (χ0v) is 15.8. The van der Waals surface area contributed by atoms with Gasteiger partial charge in [-0.15, -0.1) is 0 Å². The van der Waals surface area contributed by atoms with Crippen molar-refractivity contribution in [2.75, 3.05) is 32.1 Å². The molecule has 11 heteroatoms. The number of hydrogen-bond donors (Lipinski definition) is 1. The van der Waals surface area contributed by atoms with Crippen LogP contribution >= 0.6 is 0 Å². The number of nitrogens with zero attached hydrogens (tertiary/aromatic N) is 5. The standard InChI is InChI=1S/C16H19N5O.C2HF3O2/c1-20(2)15-13-5-8-21(9-6-14(13)18-11-19-15)16(22)12-4-3-7-17-10-12;3-2(4,5)1(6)7/h3-4,7,10-11H,5-6,8-9H2,1-2H3;(H,6,7). The number of carboxylic acid groups (broad SMARTS) is 1. The summed E-state index contributed by atoms with van der Waals surface area (Å²) in [6.45, 7) is 1.35. The zero-order valence-electron chi connectivity index (χ0n) is 15.8. The molecular formula is C18H20F3N5O3. The quantitative estimate of drug-likeness (QED) is 0.805. The van der Waals surface area contributed by atoms with Crippen LogP contribution in [0.3, 0.4) is 0 Å². The molecule has 0 aliphatic carbocycles. The van der Waals surface area contributed by atoms with Gasteiger partial charge >= 0.3 is 12.1 Å². The predicted molar refractivity (Wildman–Crippen MR) is 97.6 cm³/mol. The van der Waals surface area contributed by atoms with Gasteiger partial charge in [0.15, 0.2) is 0 Å². The van der Waals surface area contributed by atoms with E-state index in [0.717, 1.165) is 29.9 Å². The normalized spacial score (nSPS) is 13.5. The number of aromatic nitrogens is 3. The molecule has 0 atom stereocenters. The Hall–Kier alpha value is -3.24. The van der Waals surface area contributed by atoms with Crippen molar-refractivity contribution in [3.63, 3.8) is 0 Å². The maximum Gasteiger partial charge on any atom is 0.490 e. The number of carbonyl (C=O) groups is 2. The number of hydrogen-bond acceptors (Lipinski definition) is 6. The third-order valence-corrected chi connectivity index (χ3v) is 4.12. The average Bonchev–Trinajstić information content (AvgIpc) is 2.90. The summed E-state index contributed by atoms with van der Waals surface area (Å²) < 4.78 is 31.7. The minimum atomic E-state index is -5.08. The summed E-state index contributed by atoms with van der Waals surface area (Å²) in [5.74, 6) is -1.78. The third kappa shape index (κ3) is 5.87. The highest BCUT2D eigenvalue weighted by Crippen LogP contribution is 2.22. The molecule has 1 aliphatic heterocycles. The number of aliphatic carboxylic acids is 1. The highest BCUT2D eigenvalue weighted by Gasteiger charge is 2.38. The molecule has 0 unspecified atom stereocenters. The molecule has 0 spiro atoms. The molecule has 0 saturated heterocycles. The number of amides is 1. The summed E-state index contributed by atoms with van der Waals surface area (Å²) in [4.78, 5) is 38.1. The number of fused-ring (bicyclic) bond motifs is 1. The molecule has 0 saturated carbocycles. The van der Waals surface area contributed by atoms with Gasteiger partial charge in [0, 0.05) is 51.6 Å². The van der Waals surface area contributed by atoms with Crippen molar-refractivity contribution in [3.05, 3.63) is 47.7 Å². The lowest BCUT2D eigenvalue weighted by Crippen LogP contribution is -2.33. The van der Waals surface area contributed by atoms with E-state index in [1.807, 2.05) is 23.9 Å². The van der Waals surface area contributed by atoms with E-state index in [9.17, 15) is 18.0 Å². The van der Waals surface area contributed by atoms with Gasteiger partial charge < -0.3 is 14.9 Å². The van der Waals surface area contributed by atoms with E-state index in [2.05, 4.69) is 15.0 Å². The highest BCUT2D eigenvalue weighted by molar-refractivity contribution is 5.94. The third-order valence-electron chi connectivity index (χ3n) is 4.12. The number of alkyl halides is 3. The van der Waals surface area contributed by atoms with Crippen LogP contribution in [0.15, 0.2) is 30.9 Å². The Labute approximate surface area is 165 Å². The van der Waals surface area contributed by atoms with E-state index >= 15 is 0 Å². The molecule has 156 valence electrons. The molecule has 1 aliphatic rings. The van der Waals surface area contributed by atoms with Gasteiger partial charge in [0.2, 0.25) is 0 Å². The van der Waals surface area contributed by atoms with Crippen LogP contribution < -0.4 is 4.90 Å². The van der Waals surface area contributed by atoms with Crippen LogP contribution in [0, 0.1) is 0 Å². The first-order valence-electron chi connectivity index (χ1n) is 8.60. The number of halogens is 3. The van der Waals surface area contributed by atoms with Gasteiger partial charge in [0.25, 0.3) is 5.91 Å². The van der Waals surface area contributed by atoms with Gasteiger partial charge in [-0.3, -0.25) is 9.78 Å². The van der Waals surface area contributed by atoms with E-state index in [4.69, 9.17) is 9.90 Å². The molecule has 29 heavy (non-hydrogen) atoms. The first-order valence-corrected chi connectivity index (χ1v) is 8.60. The SMILES string of the molecule is CN(C)c1ncnc2c1CCN(C(=O)c1cccnc1)CC2.O=C(O)C(F)(F)F. The fourth-order valence-electron chi connectivity index (χ4n) is 2.77. The monoisotopic (exact) mass is 411 g/mol. The second kappa shape index (κ2) is 9.30. The lowest BCUT2D eigenvalue weighted by Gasteiger charge is -2.20. The van der Waals surface area contributed by atoms with Crippen LogP contribution in [0.25, 0.3) is 0 Å². The van der Waals surface area contributed by atoms with E-state index in [1.165, 1.54) is 0 Å². The van der Waals surface area contributed by atoms with Crippen LogP contribution in [0.5, 0.6) is 0 Å². The molecule has 1 N–H and O–H groups in total. The van der Waals surface area contributed by atoms with Gasteiger partial charge in [-0.25, -0.2) is 14.8 Å². The maximum atomic E-state index is 12.6. The molecule has 0 radical (unpaired) electrons. The van der Waals surface area contributed by atoms with Crippen molar-refractivity contribution in [2.45, 2.75) is 19.0 Å². The Morgan fingerprint density at radius 2 is 1.83 bits per heavy atom. The Balaban J connectivity index is 0.000000370. The molecule has 0 aromatic carbocycles. The maximum absolute atomic E-state index is 12.6. The summed E-state index contributed by atoms with van der Waals surface area (Å²) in [5.41, 5.74) is 2.82. The average molecular weight is 411 g/mol. The largest absolute Gasteiger partial charge is 0.490 e. The number of rotatable bonds is 2. The van der Waals surface area contributed by atoms with Crippen LogP contribution in [0.2, 0.25) is 0 Å². The number of carboxylic acids is 1. The molecule has 3 rings (SSSR count). The van der Waals surface area contributed by atoms with Gasteiger partial charge in [0.05, 0.1) is 11.3 Å². The topological polar surface area (TPSA) is 99.5 Å². The van der Waals surface area contributed by atoms with Crippen molar-refractivity contribution in [1.29, 1.82) is 0 Å². The first kappa shape index (κ1) is 22.1. The molecule has 8 nitrogen and oxygen atoms in total. The number of anilines is 1. The van der Waals surface area contributed by atoms with Crippen molar-refractivity contribution < 1.29 is 27.9 Å². The fourth-order valence-corrected chi connectivity index (χ4v) is 2.77. The summed E-state index contributed by atoms with van der Waals surface area (Å²) in [5, 5.41) is 7.12. The minimum Gasteiger partial charge on any atom is -0.475 e. The van der Waals surface area contributed by atoms with E-state index in [0.29, 0.717) is 18.7 Å². The second-order valence-electron chi connectivity index (χ2n) is 6.35. The predicted octanol–water partition coefficient (Wildman–Crippen LogP) is 1.81. The van der Waals surface area contributed by atoms with Gasteiger partial charge in [-0.2, -0.15) is 13.2 Å². The lowest BCUT2D eigenvalue weighted by molar-refractivity contribution is -0.192. The Morgan fingerprint density at radius 3 is 2.38 bits per heavy atom. The van der Waals surface area contributed by atoms with Crippen LogP contribution in [-0.2, 0) is 17.6 Å². The second-order valence-corrected chi connectivity index (χ2v) is 6.35. The van der Waals surface area contributed by atoms with Gasteiger partial charge in [-0.1, -0.05) is 0 Å². The van der Waals surface area contributed by atoms with Crippen molar-refractivity contribution in [1.82, 2.24) is 19.9 Å². The molecular weight excluding hydrogens is 391 g/mol. The summed E-state index contributed by atoms with van der Waals surface area (Å²) in [6, 6.07) is 3.59. The summed E-state index contributed by atoms with van der Waals surface area (Å²) in [6.07, 6.45) is 1.34. The van der Waals surface area contributed by atoms with Crippen LogP contribution in [0.4, 0.5) is 19.0 Å². The lowest BCUT2D eigenvalue weighted by atomic mass is 10.1.